The lowest BCUT2D eigenvalue weighted by atomic mass is 10.0. The van der Waals surface area contributed by atoms with Gasteiger partial charge in [0.05, 0.1) is 6.26 Å². The minimum Gasteiger partial charge on any atom is -0.464 e. The molecule has 0 unspecified atom stereocenters. The highest BCUT2D eigenvalue weighted by Crippen LogP contribution is 2.39. The molecule has 0 aliphatic heterocycles. The minimum absolute atomic E-state index is 1.00. The molecule has 1 aliphatic rings. The molecule has 2 aromatic rings. The van der Waals surface area contributed by atoms with Crippen LogP contribution in [0.25, 0.3) is 11.1 Å². The molecule has 1 nitrogen and oxygen atoms in total. The second kappa shape index (κ2) is 3.92. The number of rotatable bonds is 2. The van der Waals surface area contributed by atoms with Gasteiger partial charge < -0.3 is 4.42 Å². The van der Waals surface area contributed by atoms with Gasteiger partial charge >= 0.3 is 0 Å². The van der Waals surface area contributed by atoms with E-state index in [1.807, 2.05) is 0 Å². The first-order valence-electron chi connectivity index (χ1n) is 6.16. The van der Waals surface area contributed by atoms with E-state index in [-0.39, 0.29) is 0 Å². The molecule has 0 bridgehead atoms. The van der Waals surface area contributed by atoms with Crippen molar-refractivity contribution in [3.05, 3.63) is 59.0 Å². The molecular formula is C16H16O. The number of furan rings is 1. The number of aryl methyl sites for hydroxylation is 1. The Morgan fingerprint density at radius 2 is 2.00 bits per heavy atom. The van der Waals surface area contributed by atoms with Crippen molar-refractivity contribution in [3.63, 3.8) is 0 Å². The van der Waals surface area contributed by atoms with Gasteiger partial charge in [-0.25, -0.2) is 0 Å². The van der Waals surface area contributed by atoms with Gasteiger partial charge in [-0.2, -0.15) is 0 Å². The third-order valence-corrected chi connectivity index (χ3v) is 3.64. The van der Waals surface area contributed by atoms with Crippen LogP contribution in [0.4, 0.5) is 0 Å². The molecule has 1 heteroatoms. The van der Waals surface area contributed by atoms with Gasteiger partial charge in [0.1, 0.15) is 5.76 Å². The molecule has 0 spiro atoms. The van der Waals surface area contributed by atoms with E-state index in [2.05, 4.69) is 44.2 Å². The second-order valence-electron chi connectivity index (χ2n) is 4.57. The summed E-state index contributed by atoms with van der Waals surface area (Å²) in [7, 11) is 0. The molecule has 1 aromatic carbocycles. The Kier molecular flexibility index (Phi) is 2.40. The lowest BCUT2D eigenvalue weighted by Crippen LogP contribution is -1.88. The summed E-state index contributed by atoms with van der Waals surface area (Å²) in [6, 6.07) is 10.7. The van der Waals surface area contributed by atoms with E-state index in [4.69, 9.17) is 4.42 Å². The van der Waals surface area contributed by atoms with Crippen molar-refractivity contribution >= 4 is 11.1 Å². The normalized spacial score (nSPS) is 14.2. The van der Waals surface area contributed by atoms with Crippen LogP contribution in [0, 0.1) is 0 Å². The van der Waals surface area contributed by atoms with Crippen LogP contribution in [-0.2, 0) is 12.8 Å². The van der Waals surface area contributed by atoms with E-state index in [0.29, 0.717) is 0 Å². The summed E-state index contributed by atoms with van der Waals surface area (Å²) in [5.74, 6) is 1.08. The van der Waals surface area contributed by atoms with Crippen LogP contribution in [-0.4, -0.2) is 0 Å². The van der Waals surface area contributed by atoms with Gasteiger partial charge in [-0.1, -0.05) is 31.2 Å². The van der Waals surface area contributed by atoms with Crippen LogP contribution in [0.1, 0.15) is 36.3 Å². The fourth-order valence-corrected chi connectivity index (χ4v) is 2.66. The number of allylic oxidation sites excluding steroid dienone is 2. The minimum atomic E-state index is 1.00. The Morgan fingerprint density at radius 3 is 2.76 bits per heavy atom. The van der Waals surface area contributed by atoms with E-state index in [1.165, 1.54) is 27.8 Å². The van der Waals surface area contributed by atoms with Crippen molar-refractivity contribution in [2.75, 3.05) is 0 Å². The zero-order valence-corrected chi connectivity index (χ0v) is 10.3. The van der Waals surface area contributed by atoms with Gasteiger partial charge in [0.15, 0.2) is 0 Å². The Morgan fingerprint density at radius 1 is 1.18 bits per heavy atom. The predicted octanol–water partition coefficient (Wildman–Crippen LogP) is 4.33. The average molecular weight is 224 g/mol. The zero-order chi connectivity index (χ0) is 11.8. The Balaban J connectivity index is 2.11. The number of fused-ring (bicyclic) bond motifs is 1. The van der Waals surface area contributed by atoms with Crippen molar-refractivity contribution < 1.29 is 4.42 Å². The lowest BCUT2D eigenvalue weighted by molar-refractivity contribution is 0.548. The molecule has 0 radical (unpaired) electrons. The van der Waals surface area contributed by atoms with Gasteiger partial charge in [0.2, 0.25) is 0 Å². The zero-order valence-electron chi connectivity index (χ0n) is 10.3. The third-order valence-electron chi connectivity index (χ3n) is 3.64. The summed E-state index contributed by atoms with van der Waals surface area (Å²) < 4.78 is 5.68. The summed E-state index contributed by atoms with van der Waals surface area (Å²) >= 11 is 0. The van der Waals surface area contributed by atoms with Gasteiger partial charge in [-0.05, 0) is 41.7 Å². The summed E-state index contributed by atoms with van der Waals surface area (Å²) in [4.78, 5) is 0. The monoisotopic (exact) mass is 224 g/mol. The summed E-state index contributed by atoms with van der Waals surface area (Å²) in [6.45, 7) is 4.37. The first-order valence-corrected chi connectivity index (χ1v) is 6.16. The van der Waals surface area contributed by atoms with Crippen molar-refractivity contribution in [2.24, 2.45) is 0 Å². The molecule has 0 amide bonds. The molecule has 86 valence electrons. The van der Waals surface area contributed by atoms with Crippen molar-refractivity contribution in [2.45, 2.75) is 26.7 Å². The van der Waals surface area contributed by atoms with Crippen molar-refractivity contribution in [3.8, 4) is 0 Å². The molecule has 0 fully saturated rings. The summed E-state index contributed by atoms with van der Waals surface area (Å²) in [5, 5.41) is 0. The van der Waals surface area contributed by atoms with Crippen LogP contribution < -0.4 is 0 Å². The smallest absolute Gasteiger partial charge is 0.133 e. The Hall–Kier alpha value is -1.76. The maximum Gasteiger partial charge on any atom is 0.133 e. The van der Waals surface area contributed by atoms with E-state index >= 15 is 0 Å². The SMILES string of the molecule is CCc1ccoc1C1=C(C)c2ccccc2C1. The molecule has 1 aliphatic carbocycles. The van der Waals surface area contributed by atoms with Crippen molar-refractivity contribution in [1.29, 1.82) is 0 Å². The van der Waals surface area contributed by atoms with Crippen LogP contribution >= 0.6 is 0 Å². The summed E-state index contributed by atoms with van der Waals surface area (Å²) in [6.07, 6.45) is 3.83. The Bertz CT molecular complexity index is 587. The highest BCUT2D eigenvalue weighted by molar-refractivity contribution is 5.95. The van der Waals surface area contributed by atoms with Crippen LogP contribution in [0.3, 0.4) is 0 Å². The first kappa shape index (κ1) is 10.4. The van der Waals surface area contributed by atoms with Gasteiger partial charge in [-0.3, -0.25) is 0 Å². The standard InChI is InChI=1S/C16H16O/c1-3-12-8-9-17-16(12)15-10-13-6-4-5-7-14(13)11(15)2/h4-9H,3,10H2,1-2H3. The first-order chi connectivity index (χ1) is 8.31. The second-order valence-corrected chi connectivity index (χ2v) is 4.57. The number of hydrogen-bond donors (Lipinski definition) is 0. The quantitative estimate of drug-likeness (QED) is 0.740. The van der Waals surface area contributed by atoms with Gasteiger partial charge in [-0.15, -0.1) is 0 Å². The van der Waals surface area contributed by atoms with E-state index in [1.54, 1.807) is 6.26 Å². The Labute approximate surface area is 102 Å². The molecule has 0 N–H and O–H groups in total. The lowest BCUT2D eigenvalue weighted by Gasteiger charge is -2.03. The molecule has 0 atom stereocenters. The van der Waals surface area contributed by atoms with E-state index in [0.717, 1.165) is 18.6 Å². The molecule has 3 rings (SSSR count). The number of benzene rings is 1. The van der Waals surface area contributed by atoms with Crippen LogP contribution in [0.2, 0.25) is 0 Å². The molecule has 0 saturated heterocycles. The molecule has 1 heterocycles. The third kappa shape index (κ3) is 1.54. The van der Waals surface area contributed by atoms with Crippen molar-refractivity contribution in [1.82, 2.24) is 0 Å². The van der Waals surface area contributed by atoms with E-state index in [9.17, 15) is 0 Å². The van der Waals surface area contributed by atoms with Crippen LogP contribution in [0.15, 0.2) is 41.0 Å². The molecular weight excluding hydrogens is 208 g/mol. The number of hydrogen-bond acceptors (Lipinski definition) is 1. The fraction of sp³-hybridized carbons (Fsp3) is 0.250. The predicted molar refractivity (Wildman–Crippen MR) is 70.7 cm³/mol. The highest BCUT2D eigenvalue weighted by atomic mass is 16.3. The highest BCUT2D eigenvalue weighted by Gasteiger charge is 2.22. The maximum absolute atomic E-state index is 5.68. The molecule has 0 saturated carbocycles. The fourth-order valence-electron chi connectivity index (χ4n) is 2.66. The van der Waals surface area contributed by atoms with Gasteiger partial charge in [0.25, 0.3) is 0 Å². The van der Waals surface area contributed by atoms with E-state index < -0.39 is 0 Å². The average Bonchev–Trinajstić information content (AvgIpc) is 2.94. The van der Waals surface area contributed by atoms with Crippen LogP contribution in [0.5, 0.6) is 0 Å². The van der Waals surface area contributed by atoms with Gasteiger partial charge in [0, 0.05) is 12.0 Å². The largest absolute Gasteiger partial charge is 0.464 e. The molecule has 1 aromatic heterocycles. The summed E-state index contributed by atoms with van der Waals surface area (Å²) in [5.41, 5.74) is 6.82. The topological polar surface area (TPSA) is 13.1 Å². The molecule has 17 heavy (non-hydrogen) atoms. The maximum atomic E-state index is 5.68.